The molecule has 0 radical (unpaired) electrons. The van der Waals surface area contributed by atoms with Crippen LogP contribution >= 0.6 is 0 Å². The summed E-state index contributed by atoms with van der Waals surface area (Å²) in [6.45, 7) is 4.18. The van der Waals surface area contributed by atoms with Gasteiger partial charge in [-0.05, 0) is 43.2 Å². The van der Waals surface area contributed by atoms with Crippen molar-refractivity contribution in [3.63, 3.8) is 0 Å². The summed E-state index contributed by atoms with van der Waals surface area (Å²) in [5.41, 5.74) is 7.93. The highest BCUT2D eigenvalue weighted by Crippen LogP contribution is 2.19. The first-order valence-corrected chi connectivity index (χ1v) is 7.07. The fourth-order valence-electron chi connectivity index (χ4n) is 2.82. The van der Waals surface area contributed by atoms with Crippen LogP contribution in [0.15, 0.2) is 42.9 Å². The lowest BCUT2D eigenvalue weighted by molar-refractivity contribution is 1.00. The van der Waals surface area contributed by atoms with Crippen LogP contribution in [-0.4, -0.2) is 19.4 Å². The molecule has 4 aromatic rings. The molecule has 104 valence electrons. The van der Waals surface area contributed by atoms with Gasteiger partial charge in [-0.15, -0.1) is 0 Å². The normalized spacial score (nSPS) is 11.5. The number of hydrogen-bond donors (Lipinski definition) is 1. The molecule has 0 saturated heterocycles. The molecule has 1 aromatic carbocycles. The van der Waals surface area contributed by atoms with Gasteiger partial charge in [-0.25, -0.2) is 9.97 Å². The lowest BCUT2D eigenvalue weighted by atomic mass is 10.1. The Morgan fingerprint density at radius 3 is 2.95 bits per heavy atom. The van der Waals surface area contributed by atoms with Crippen LogP contribution in [0.5, 0.6) is 0 Å². The SMILES string of the molecule is Cc1ccc2nc(C)c(Cc3ccc4nc[nH]c4c3)n2c1. The van der Waals surface area contributed by atoms with Gasteiger partial charge in [-0.2, -0.15) is 0 Å². The van der Waals surface area contributed by atoms with Gasteiger partial charge in [-0.1, -0.05) is 12.1 Å². The largest absolute Gasteiger partial charge is 0.345 e. The molecule has 0 aliphatic carbocycles. The molecule has 3 heterocycles. The Balaban J connectivity index is 1.82. The van der Waals surface area contributed by atoms with Crippen LogP contribution in [0.25, 0.3) is 16.7 Å². The summed E-state index contributed by atoms with van der Waals surface area (Å²) in [5.74, 6) is 0. The topological polar surface area (TPSA) is 46.0 Å². The summed E-state index contributed by atoms with van der Waals surface area (Å²) in [5, 5.41) is 0. The summed E-state index contributed by atoms with van der Waals surface area (Å²) in [6, 6.07) is 10.5. The quantitative estimate of drug-likeness (QED) is 0.610. The fraction of sp³-hybridized carbons (Fsp3) is 0.176. The number of aryl methyl sites for hydroxylation is 2. The third kappa shape index (κ3) is 2.00. The smallest absolute Gasteiger partial charge is 0.137 e. The molecule has 3 aromatic heterocycles. The van der Waals surface area contributed by atoms with Crippen molar-refractivity contribution in [2.45, 2.75) is 20.3 Å². The Kier molecular flexibility index (Phi) is 2.57. The van der Waals surface area contributed by atoms with E-state index in [-0.39, 0.29) is 0 Å². The Hall–Kier alpha value is -2.62. The van der Waals surface area contributed by atoms with Crippen molar-refractivity contribution in [3.05, 3.63) is 65.4 Å². The van der Waals surface area contributed by atoms with E-state index in [4.69, 9.17) is 0 Å². The second-order valence-electron chi connectivity index (χ2n) is 5.51. The highest BCUT2D eigenvalue weighted by molar-refractivity contribution is 5.75. The Labute approximate surface area is 122 Å². The predicted octanol–water partition coefficient (Wildman–Crippen LogP) is 3.42. The molecular formula is C17H16N4. The summed E-state index contributed by atoms with van der Waals surface area (Å²) < 4.78 is 2.20. The number of benzene rings is 1. The molecule has 0 unspecified atom stereocenters. The van der Waals surface area contributed by atoms with Crippen LogP contribution in [0.2, 0.25) is 0 Å². The minimum Gasteiger partial charge on any atom is -0.345 e. The zero-order valence-electron chi connectivity index (χ0n) is 12.1. The third-order valence-electron chi connectivity index (χ3n) is 3.92. The first-order chi connectivity index (χ1) is 10.2. The molecule has 4 heteroatoms. The molecule has 0 saturated carbocycles. The minimum absolute atomic E-state index is 0.866. The second kappa shape index (κ2) is 4.45. The average Bonchev–Trinajstić information content (AvgIpc) is 3.04. The average molecular weight is 276 g/mol. The van der Waals surface area contributed by atoms with Crippen LogP contribution in [0, 0.1) is 13.8 Å². The van der Waals surface area contributed by atoms with Crippen LogP contribution in [0.4, 0.5) is 0 Å². The van der Waals surface area contributed by atoms with E-state index in [9.17, 15) is 0 Å². The molecule has 0 fully saturated rings. The lowest BCUT2D eigenvalue weighted by Crippen LogP contribution is -1.97. The van der Waals surface area contributed by atoms with E-state index in [1.165, 1.54) is 16.8 Å². The number of nitrogens with zero attached hydrogens (tertiary/aromatic N) is 3. The number of hydrogen-bond acceptors (Lipinski definition) is 2. The van der Waals surface area contributed by atoms with Gasteiger partial charge in [0, 0.05) is 18.3 Å². The molecule has 0 aliphatic rings. The van der Waals surface area contributed by atoms with E-state index in [2.05, 4.69) is 69.7 Å². The summed E-state index contributed by atoms with van der Waals surface area (Å²) >= 11 is 0. The predicted molar refractivity (Wildman–Crippen MR) is 83.6 cm³/mol. The highest BCUT2D eigenvalue weighted by Gasteiger charge is 2.10. The van der Waals surface area contributed by atoms with Gasteiger partial charge in [0.25, 0.3) is 0 Å². The number of fused-ring (bicyclic) bond motifs is 2. The molecule has 0 amide bonds. The van der Waals surface area contributed by atoms with Gasteiger partial charge in [0.1, 0.15) is 5.65 Å². The maximum atomic E-state index is 4.65. The highest BCUT2D eigenvalue weighted by atomic mass is 15.0. The number of aromatic amines is 1. The molecule has 4 rings (SSSR count). The number of pyridine rings is 1. The van der Waals surface area contributed by atoms with Crippen LogP contribution in [0.1, 0.15) is 22.5 Å². The maximum absolute atomic E-state index is 4.65. The third-order valence-corrected chi connectivity index (χ3v) is 3.92. The zero-order chi connectivity index (χ0) is 14.4. The standard InChI is InChI=1S/C17H16N4/c1-11-3-6-17-20-12(2)16(21(17)9-11)8-13-4-5-14-15(7-13)19-10-18-14/h3-7,9-10H,8H2,1-2H3,(H,18,19). The van der Waals surface area contributed by atoms with Crippen molar-refractivity contribution in [1.82, 2.24) is 19.4 Å². The van der Waals surface area contributed by atoms with E-state index in [0.29, 0.717) is 0 Å². The summed E-state index contributed by atoms with van der Waals surface area (Å²) in [7, 11) is 0. The van der Waals surface area contributed by atoms with Gasteiger partial charge >= 0.3 is 0 Å². The number of nitrogens with one attached hydrogen (secondary N) is 1. The molecule has 0 bridgehead atoms. The Morgan fingerprint density at radius 2 is 2.05 bits per heavy atom. The molecule has 0 atom stereocenters. The van der Waals surface area contributed by atoms with Crippen LogP contribution in [0.3, 0.4) is 0 Å². The summed E-state index contributed by atoms with van der Waals surface area (Å²) in [6.07, 6.45) is 4.75. The van der Waals surface area contributed by atoms with Crippen LogP contribution < -0.4 is 0 Å². The first kappa shape index (κ1) is 12.1. The molecular weight excluding hydrogens is 260 g/mol. The van der Waals surface area contributed by atoms with Crippen molar-refractivity contribution in [1.29, 1.82) is 0 Å². The van der Waals surface area contributed by atoms with Crippen molar-refractivity contribution in [2.24, 2.45) is 0 Å². The first-order valence-electron chi connectivity index (χ1n) is 7.07. The second-order valence-corrected chi connectivity index (χ2v) is 5.51. The Bertz CT molecular complexity index is 946. The number of imidazole rings is 2. The van der Waals surface area contributed by atoms with E-state index < -0.39 is 0 Å². The van der Waals surface area contributed by atoms with E-state index in [1.807, 2.05) is 0 Å². The van der Waals surface area contributed by atoms with Crippen molar-refractivity contribution < 1.29 is 0 Å². The fourth-order valence-corrected chi connectivity index (χ4v) is 2.82. The number of rotatable bonds is 2. The molecule has 21 heavy (non-hydrogen) atoms. The zero-order valence-corrected chi connectivity index (χ0v) is 12.1. The van der Waals surface area contributed by atoms with E-state index in [0.717, 1.165) is 28.8 Å². The minimum atomic E-state index is 0.866. The molecule has 4 nitrogen and oxygen atoms in total. The van der Waals surface area contributed by atoms with Gasteiger partial charge in [0.2, 0.25) is 0 Å². The van der Waals surface area contributed by atoms with Crippen molar-refractivity contribution in [3.8, 4) is 0 Å². The van der Waals surface area contributed by atoms with E-state index in [1.54, 1.807) is 6.33 Å². The number of H-pyrrole nitrogens is 1. The summed E-state index contributed by atoms with van der Waals surface area (Å²) in [4.78, 5) is 12.1. The van der Waals surface area contributed by atoms with Crippen LogP contribution in [-0.2, 0) is 6.42 Å². The number of aromatic nitrogens is 4. The lowest BCUT2D eigenvalue weighted by Gasteiger charge is -2.05. The maximum Gasteiger partial charge on any atom is 0.137 e. The van der Waals surface area contributed by atoms with Gasteiger partial charge in [0.05, 0.1) is 23.1 Å². The van der Waals surface area contributed by atoms with Gasteiger partial charge < -0.3 is 9.38 Å². The van der Waals surface area contributed by atoms with Crippen molar-refractivity contribution >= 4 is 16.7 Å². The molecule has 0 spiro atoms. The monoisotopic (exact) mass is 276 g/mol. The van der Waals surface area contributed by atoms with Crippen molar-refractivity contribution in [2.75, 3.05) is 0 Å². The molecule has 0 aliphatic heterocycles. The van der Waals surface area contributed by atoms with Gasteiger partial charge in [0.15, 0.2) is 0 Å². The molecule has 1 N–H and O–H groups in total. The van der Waals surface area contributed by atoms with E-state index >= 15 is 0 Å². The Morgan fingerprint density at radius 1 is 1.14 bits per heavy atom. The van der Waals surface area contributed by atoms with Gasteiger partial charge in [-0.3, -0.25) is 0 Å².